The maximum absolute atomic E-state index is 14.9. The molecule has 1 aliphatic heterocycles. The molecule has 4 rings (SSSR count). The van der Waals surface area contributed by atoms with Gasteiger partial charge in [0.05, 0.1) is 5.69 Å². The summed E-state index contributed by atoms with van der Waals surface area (Å²) in [5.74, 6) is -5.10. The minimum absolute atomic E-state index is 0.216. The van der Waals surface area contributed by atoms with Crippen molar-refractivity contribution < 1.29 is 33.4 Å². The first-order valence-electron chi connectivity index (χ1n) is 13.7. The molecule has 8 nitrogen and oxygen atoms in total. The average Bonchev–Trinajstić information content (AvgIpc) is 3.25. The first-order chi connectivity index (χ1) is 19.9. The molecule has 1 amide bonds. The topological polar surface area (TPSA) is 128 Å². The normalized spacial score (nSPS) is 19.0. The van der Waals surface area contributed by atoms with Crippen LogP contribution in [0.5, 0.6) is 0 Å². The first-order valence-corrected chi connectivity index (χ1v) is 13.7. The number of benzene rings is 3. The Balaban J connectivity index is 1.76. The van der Waals surface area contributed by atoms with E-state index < -0.39 is 47.0 Å². The summed E-state index contributed by atoms with van der Waals surface area (Å²) in [6.45, 7) is 3.67. The highest BCUT2D eigenvalue weighted by Gasteiger charge is 2.51. The molecule has 5 N–H and O–H groups in total. The summed E-state index contributed by atoms with van der Waals surface area (Å²) in [6, 6.07) is 15.2. The molecule has 0 saturated carbocycles. The number of carbonyl (C=O) groups excluding carboxylic acids is 1. The Kier molecular flexibility index (Phi) is 9.08. The third kappa shape index (κ3) is 5.52. The zero-order chi connectivity index (χ0) is 30.8. The van der Waals surface area contributed by atoms with Crippen LogP contribution in [0.1, 0.15) is 41.7 Å². The van der Waals surface area contributed by atoms with Crippen molar-refractivity contribution in [2.45, 2.75) is 44.2 Å². The van der Waals surface area contributed by atoms with Gasteiger partial charge in [0.15, 0.2) is 11.6 Å². The minimum Gasteiger partial charge on any atom is -0.480 e. The average molecular weight is 580 g/mol. The lowest BCUT2D eigenvalue weighted by atomic mass is 9.69. The summed E-state index contributed by atoms with van der Waals surface area (Å²) in [5, 5.41) is 27.1. The highest BCUT2D eigenvalue weighted by Crippen LogP contribution is 2.49. The molecular formula is C32H35F2N3O5. The van der Waals surface area contributed by atoms with Gasteiger partial charge in [-0.2, -0.15) is 0 Å². The van der Waals surface area contributed by atoms with Gasteiger partial charge in [0, 0.05) is 5.56 Å². The van der Waals surface area contributed by atoms with Crippen LogP contribution in [0.4, 0.5) is 14.5 Å². The van der Waals surface area contributed by atoms with Crippen molar-refractivity contribution in [3.8, 4) is 0 Å². The second-order valence-corrected chi connectivity index (χ2v) is 11.0. The van der Waals surface area contributed by atoms with Crippen LogP contribution in [0.15, 0.2) is 60.7 Å². The number of fused-ring (bicyclic) bond motifs is 1. The van der Waals surface area contributed by atoms with E-state index in [0.29, 0.717) is 24.0 Å². The molecule has 1 heterocycles. The maximum atomic E-state index is 14.9. The van der Waals surface area contributed by atoms with Gasteiger partial charge in [-0.25, -0.2) is 8.78 Å². The summed E-state index contributed by atoms with van der Waals surface area (Å²) in [7, 11) is 3.19. The van der Waals surface area contributed by atoms with Crippen molar-refractivity contribution >= 4 is 23.5 Å². The number of amides is 1. The smallest absolute Gasteiger partial charge is 0.320 e. The third-order valence-corrected chi connectivity index (χ3v) is 8.26. The molecule has 0 saturated heterocycles. The number of hydrogen-bond donors (Lipinski definition) is 5. The second kappa shape index (κ2) is 12.4. The Labute approximate surface area is 243 Å². The van der Waals surface area contributed by atoms with E-state index in [1.165, 1.54) is 6.07 Å². The lowest BCUT2D eigenvalue weighted by Gasteiger charge is -2.30. The van der Waals surface area contributed by atoms with Crippen LogP contribution in [0.2, 0.25) is 0 Å². The SMILES string of the molecule is CN[C@H](C(=O)O)C(C)Cc1ccc(C2(c3ccc(CC(C)[C@H](NC)C(=O)O)cc3)C(=O)Nc3c2ccc(F)c3F)cc1. The van der Waals surface area contributed by atoms with E-state index in [9.17, 15) is 33.4 Å². The van der Waals surface area contributed by atoms with Gasteiger partial charge >= 0.3 is 11.9 Å². The number of hydrogen-bond acceptors (Lipinski definition) is 5. The van der Waals surface area contributed by atoms with Gasteiger partial charge in [-0.1, -0.05) is 68.4 Å². The summed E-state index contributed by atoms with van der Waals surface area (Å²) < 4.78 is 29.1. The van der Waals surface area contributed by atoms with Crippen molar-refractivity contribution in [3.63, 3.8) is 0 Å². The van der Waals surface area contributed by atoms with Crippen LogP contribution in [0, 0.1) is 23.5 Å². The quantitative estimate of drug-likeness (QED) is 0.220. The van der Waals surface area contributed by atoms with Crippen LogP contribution >= 0.6 is 0 Å². The Hall–Kier alpha value is -4.15. The lowest BCUT2D eigenvalue weighted by molar-refractivity contribution is -0.141. The minimum atomic E-state index is -1.48. The highest BCUT2D eigenvalue weighted by atomic mass is 19.2. The van der Waals surface area contributed by atoms with Crippen LogP contribution in [0.25, 0.3) is 0 Å². The van der Waals surface area contributed by atoms with Crippen LogP contribution in [-0.4, -0.2) is 54.2 Å². The predicted octanol–water partition coefficient (Wildman–Crippen LogP) is 3.95. The van der Waals surface area contributed by atoms with Crippen LogP contribution in [0.3, 0.4) is 0 Å². The van der Waals surface area contributed by atoms with Gasteiger partial charge < -0.3 is 26.2 Å². The Bertz CT molecular complexity index is 1400. The van der Waals surface area contributed by atoms with Crippen molar-refractivity contribution in [2.24, 2.45) is 11.8 Å². The van der Waals surface area contributed by atoms with Gasteiger partial charge in [-0.15, -0.1) is 0 Å². The van der Waals surface area contributed by atoms with Gasteiger partial charge in [0.2, 0.25) is 5.91 Å². The van der Waals surface area contributed by atoms with E-state index in [1.807, 2.05) is 38.1 Å². The third-order valence-electron chi connectivity index (χ3n) is 8.26. The van der Waals surface area contributed by atoms with E-state index in [2.05, 4.69) is 16.0 Å². The van der Waals surface area contributed by atoms with Crippen molar-refractivity contribution in [1.82, 2.24) is 10.6 Å². The molecule has 0 aromatic heterocycles. The molecule has 10 heteroatoms. The molecule has 0 fully saturated rings. The number of carboxylic acids is 2. The zero-order valence-corrected chi connectivity index (χ0v) is 23.9. The Morgan fingerprint density at radius 1 is 0.786 bits per heavy atom. The second-order valence-electron chi connectivity index (χ2n) is 11.0. The van der Waals surface area contributed by atoms with Crippen molar-refractivity contribution in [3.05, 3.63) is 100 Å². The lowest BCUT2D eigenvalue weighted by Crippen LogP contribution is -2.40. The summed E-state index contributed by atoms with van der Waals surface area (Å²) >= 11 is 0. The van der Waals surface area contributed by atoms with Crippen molar-refractivity contribution in [2.75, 3.05) is 19.4 Å². The Morgan fingerprint density at radius 2 is 1.21 bits per heavy atom. The van der Waals surface area contributed by atoms with Crippen LogP contribution < -0.4 is 16.0 Å². The number of rotatable bonds is 12. The molecule has 222 valence electrons. The van der Waals surface area contributed by atoms with E-state index >= 15 is 0 Å². The van der Waals surface area contributed by atoms with E-state index in [1.54, 1.807) is 38.4 Å². The number of nitrogens with one attached hydrogen (secondary N) is 3. The summed E-state index contributed by atoms with van der Waals surface area (Å²) in [4.78, 5) is 36.9. The standard InChI is InChI=1S/C32H35F2N3O5/c1-17(26(35-3)29(38)39)15-19-5-9-21(10-6-19)32(23-13-14-24(33)25(34)28(23)37-31(32)42)22-11-7-20(8-12-22)16-18(2)27(36-4)30(40)41/h5-14,17-18,26-27,35-36H,15-16H2,1-4H3,(H,37,42)(H,38,39)(H,40,41)/t17?,18?,26-,27-,32?/m0/s1. The number of aliphatic carboxylic acids is 2. The molecule has 3 aromatic rings. The maximum Gasteiger partial charge on any atom is 0.320 e. The van der Waals surface area contributed by atoms with E-state index in [0.717, 1.165) is 17.2 Å². The molecule has 0 bridgehead atoms. The van der Waals surface area contributed by atoms with Crippen LogP contribution in [-0.2, 0) is 32.6 Å². The molecule has 0 radical (unpaired) electrons. The zero-order valence-electron chi connectivity index (χ0n) is 23.9. The van der Waals surface area contributed by atoms with E-state index in [4.69, 9.17) is 0 Å². The molecular weight excluding hydrogens is 544 g/mol. The molecule has 0 aliphatic carbocycles. The monoisotopic (exact) mass is 579 g/mol. The van der Waals surface area contributed by atoms with Gasteiger partial charge in [0.1, 0.15) is 17.5 Å². The highest BCUT2D eigenvalue weighted by molar-refractivity contribution is 6.11. The fourth-order valence-electron chi connectivity index (χ4n) is 6.12. The summed E-state index contributed by atoms with van der Waals surface area (Å²) in [6.07, 6.45) is 0.926. The number of carboxylic acid groups (broad SMARTS) is 2. The molecule has 1 aliphatic rings. The summed E-state index contributed by atoms with van der Waals surface area (Å²) in [5.41, 5.74) is 1.35. The van der Waals surface area contributed by atoms with E-state index in [-0.39, 0.29) is 23.1 Å². The first kappa shape index (κ1) is 30.8. The number of carbonyl (C=O) groups is 3. The molecule has 0 spiro atoms. The number of halogens is 2. The van der Waals surface area contributed by atoms with Crippen molar-refractivity contribution in [1.29, 1.82) is 0 Å². The predicted molar refractivity (Wildman–Crippen MR) is 154 cm³/mol. The molecule has 3 aromatic carbocycles. The largest absolute Gasteiger partial charge is 0.480 e. The van der Waals surface area contributed by atoms with Gasteiger partial charge in [-0.3, -0.25) is 14.4 Å². The number of anilines is 1. The Morgan fingerprint density at radius 3 is 1.60 bits per heavy atom. The van der Waals surface area contributed by atoms with Gasteiger partial charge in [-0.05, 0) is 67.1 Å². The fraction of sp³-hybridized carbons (Fsp3) is 0.344. The molecule has 2 unspecified atom stereocenters. The fourth-order valence-corrected chi connectivity index (χ4v) is 6.12. The molecule has 4 atom stereocenters. The molecule has 42 heavy (non-hydrogen) atoms. The number of likely N-dealkylation sites (N-methyl/N-ethyl adjacent to an activating group) is 2. The van der Waals surface area contributed by atoms with Gasteiger partial charge in [0.25, 0.3) is 0 Å².